The van der Waals surface area contributed by atoms with Crippen molar-refractivity contribution in [2.24, 2.45) is 17.4 Å². The zero-order valence-electron chi connectivity index (χ0n) is 17.1. The van der Waals surface area contributed by atoms with Crippen LogP contribution in [0.1, 0.15) is 49.4 Å². The van der Waals surface area contributed by atoms with Crippen LogP contribution >= 0.6 is 0 Å². The topological polar surface area (TPSA) is 110 Å². The second kappa shape index (κ2) is 7.37. The second-order valence-electron chi connectivity index (χ2n) is 8.81. The molecule has 1 saturated heterocycles. The Hall–Kier alpha value is -2.28. The first-order valence-electron chi connectivity index (χ1n) is 10.3. The Kier molecular flexibility index (Phi) is 5.27. The smallest absolute Gasteiger partial charge is 0.396 e. The monoisotopic (exact) mass is 467 g/mol. The molecule has 32 heavy (non-hydrogen) atoms. The zero-order valence-corrected chi connectivity index (χ0v) is 17.1. The van der Waals surface area contributed by atoms with Gasteiger partial charge in [-0.3, -0.25) is 19.2 Å². The van der Waals surface area contributed by atoms with Gasteiger partial charge in [-0.1, -0.05) is 6.92 Å². The number of nitrogens with zero attached hydrogens (tertiary/aromatic N) is 2. The number of hydrogen-bond donors (Lipinski definition) is 3. The Morgan fingerprint density at radius 2 is 1.75 bits per heavy atom. The minimum atomic E-state index is -5.80. The Balaban J connectivity index is 1.69. The minimum absolute atomic E-state index is 0.00813. The molecule has 2 heterocycles. The lowest BCUT2D eigenvalue weighted by Gasteiger charge is -2.38. The van der Waals surface area contributed by atoms with Crippen LogP contribution in [0, 0.1) is 5.92 Å². The molecule has 1 aliphatic heterocycles. The van der Waals surface area contributed by atoms with Crippen molar-refractivity contribution < 1.29 is 26.3 Å². The molecule has 2 fully saturated rings. The van der Waals surface area contributed by atoms with Gasteiger partial charge in [-0.2, -0.15) is 22.0 Å². The van der Waals surface area contributed by atoms with E-state index < -0.39 is 58.8 Å². The van der Waals surface area contributed by atoms with Gasteiger partial charge in [-0.05, 0) is 31.7 Å². The maximum atomic E-state index is 15.3. The van der Waals surface area contributed by atoms with Crippen molar-refractivity contribution in [3.63, 3.8) is 0 Å². The highest BCUT2D eigenvalue weighted by Gasteiger charge is 2.63. The molecule has 0 radical (unpaired) electrons. The van der Waals surface area contributed by atoms with Gasteiger partial charge in [0.15, 0.2) is 0 Å². The van der Waals surface area contributed by atoms with Crippen LogP contribution in [0.2, 0.25) is 0 Å². The third-order valence-electron chi connectivity index (χ3n) is 6.74. The number of nitrogens with one attached hydrogen (secondary N) is 1. The summed E-state index contributed by atoms with van der Waals surface area (Å²) in [4.78, 5) is 28.4. The average Bonchev–Trinajstić information content (AvgIpc) is 3.41. The molecule has 1 aromatic heterocycles. The van der Waals surface area contributed by atoms with Crippen molar-refractivity contribution in [2.45, 2.75) is 62.3 Å². The van der Waals surface area contributed by atoms with Gasteiger partial charge in [-0.15, -0.1) is 0 Å². The number of nitrogens with two attached hydrogens (primary N) is 2. The van der Waals surface area contributed by atoms with E-state index in [2.05, 4.69) is 4.98 Å². The highest BCUT2D eigenvalue weighted by molar-refractivity contribution is 5.70. The van der Waals surface area contributed by atoms with Crippen LogP contribution in [0.5, 0.6) is 0 Å². The first-order valence-corrected chi connectivity index (χ1v) is 10.3. The van der Waals surface area contributed by atoms with Crippen LogP contribution in [0.3, 0.4) is 0 Å². The summed E-state index contributed by atoms with van der Waals surface area (Å²) in [5.74, 6) is -7.98. The fourth-order valence-electron chi connectivity index (χ4n) is 4.94. The van der Waals surface area contributed by atoms with E-state index in [1.54, 1.807) is 6.92 Å². The molecule has 0 aromatic carbocycles. The molecular weight excluding hydrogens is 444 g/mol. The first-order chi connectivity index (χ1) is 14.8. The number of aromatic amines is 1. The van der Waals surface area contributed by atoms with Gasteiger partial charge < -0.3 is 11.5 Å². The van der Waals surface area contributed by atoms with E-state index in [1.807, 2.05) is 0 Å². The summed E-state index contributed by atoms with van der Waals surface area (Å²) in [6.45, 7) is 1.27. The van der Waals surface area contributed by atoms with Crippen LogP contribution in [-0.2, 0) is 0 Å². The van der Waals surface area contributed by atoms with Gasteiger partial charge in [0.2, 0.25) is 0 Å². The van der Waals surface area contributed by atoms with Crippen molar-refractivity contribution in [3.8, 4) is 0 Å². The minimum Gasteiger partial charge on any atom is -0.396 e. The summed E-state index contributed by atoms with van der Waals surface area (Å²) in [6.07, 6.45) is -4.52. The molecule has 1 aromatic rings. The van der Waals surface area contributed by atoms with Gasteiger partial charge in [0.05, 0.1) is 23.3 Å². The predicted molar refractivity (Wildman–Crippen MR) is 103 cm³/mol. The molecular formula is C19H23F6N5O2. The molecule has 178 valence electrons. The summed E-state index contributed by atoms with van der Waals surface area (Å²) in [5.41, 5.74) is 9.38. The Morgan fingerprint density at radius 3 is 2.31 bits per heavy atom. The maximum Gasteiger partial charge on any atom is 0.454 e. The van der Waals surface area contributed by atoms with Gasteiger partial charge in [0.25, 0.3) is 5.56 Å². The molecule has 4 rings (SSSR count). The van der Waals surface area contributed by atoms with Crippen LogP contribution in [0.25, 0.3) is 5.70 Å². The number of aromatic nitrogens is 2. The van der Waals surface area contributed by atoms with Gasteiger partial charge in [0.1, 0.15) is 5.83 Å². The molecule has 7 nitrogen and oxygen atoms in total. The van der Waals surface area contributed by atoms with Crippen LogP contribution in [-0.4, -0.2) is 51.7 Å². The van der Waals surface area contributed by atoms with Gasteiger partial charge >= 0.3 is 17.8 Å². The molecule has 4 unspecified atom stereocenters. The Bertz CT molecular complexity index is 1070. The molecule has 0 spiro atoms. The van der Waals surface area contributed by atoms with Crippen LogP contribution in [0.15, 0.2) is 15.4 Å². The first kappa shape index (κ1) is 22.9. The van der Waals surface area contributed by atoms with Crippen molar-refractivity contribution in [1.29, 1.82) is 0 Å². The lowest BCUT2D eigenvalue weighted by atomic mass is 9.85. The van der Waals surface area contributed by atoms with E-state index in [1.165, 1.54) is 9.47 Å². The fraction of sp³-hybridized carbons (Fsp3) is 0.684. The van der Waals surface area contributed by atoms with Crippen molar-refractivity contribution in [2.75, 3.05) is 13.1 Å². The van der Waals surface area contributed by atoms with E-state index in [0.29, 0.717) is 12.8 Å². The van der Waals surface area contributed by atoms with Crippen molar-refractivity contribution in [1.82, 2.24) is 14.5 Å². The van der Waals surface area contributed by atoms with E-state index in [0.717, 1.165) is 0 Å². The number of rotatable bonds is 4. The molecule has 2 aliphatic carbocycles. The lowest BCUT2D eigenvalue weighted by molar-refractivity contribution is -0.293. The number of hydrogen-bond acceptors (Lipinski definition) is 5. The normalized spacial score (nSPS) is 28.2. The molecule has 0 bridgehead atoms. The quantitative estimate of drug-likeness (QED) is 0.585. The summed E-state index contributed by atoms with van der Waals surface area (Å²) in [6, 6.07) is -3.78. The molecule has 0 amide bonds. The largest absolute Gasteiger partial charge is 0.454 e. The second-order valence-corrected chi connectivity index (χ2v) is 8.81. The van der Waals surface area contributed by atoms with E-state index in [4.69, 9.17) is 11.5 Å². The Morgan fingerprint density at radius 1 is 1.12 bits per heavy atom. The summed E-state index contributed by atoms with van der Waals surface area (Å²) < 4.78 is 82.4. The number of likely N-dealkylation sites (tertiary alicyclic amines) is 1. The van der Waals surface area contributed by atoms with Crippen molar-refractivity contribution >= 4 is 5.70 Å². The van der Waals surface area contributed by atoms with Crippen LogP contribution < -0.4 is 22.7 Å². The molecule has 3 aliphatic rings. The molecule has 13 heteroatoms. The summed E-state index contributed by atoms with van der Waals surface area (Å²) >= 11 is 0. The number of alkyl halides is 5. The average molecular weight is 467 g/mol. The number of halogens is 6. The fourth-order valence-corrected chi connectivity index (χ4v) is 4.94. The third kappa shape index (κ3) is 3.36. The highest BCUT2D eigenvalue weighted by atomic mass is 19.4. The molecule has 4 atom stereocenters. The summed E-state index contributed by atoms with van der Waals surface area (Å²) in [5, 5.41) is 0. The standard InChI is InChI=1S/C19H23F6N5O2/c1-7-13-10(16(31)28-17(32)30(13)9-2-3-9)12(26)11(20)14(7)29-5-4-8(6-29)15(27)18(21,22)19(23,24)25/h7-9,14-15H,2-6,26-27H2,1H3,(H,28,31,32). The SMILES string of the molecule is CC1c2c(c(=O)[nH]c(=O)n2C2CC2)C(N)=C(F)C1N1CCC(C(N)C(F)(F)C(F)(F)F)C1. The van der Waals surface area contributed by atoms with Crippen molar-refractivity contribution in [3.05, 3.63) is 37.9 Å². The number of fused-ring (bicyclic) bond motifs is 1. The number of H-pyrrole nitrogens is 1. The summed E-state index contributed by atoms with van der Waals surface area (Å²) in [7, 11) is 0. The maximum absolute atomic E-state index is 15.3. The van der Waals surface area contributed by atoms with E-state index in [-0.39, 0.29) is 36.8 Å². The van der Waals surface area contributed by atoms with E-state index in [9.17, 15) is 31.5 Å². The zero-order chi connectivity index (χ0) is 23.7. The lowest BCUT2D eigenvalue weighted by Crippen LogP contribution is -2.56. The Labute approximate surface area is 178 Å². The van der Waals surface area contributed by atoms with Crippen LogP contribution in [0.4, 0.5) is 26.3 Å². The molecule has 5 N–H and O–H groups in total. The van der Waals surface area contributed by atoms with Gasteiger partial charge in [-0.25, -0.2) is 9.18 Å². The van der Waals surface area contributed by atoms with Gasteiger partial charge in [0, 0.05) is 24.2 Å². The predicted octanol–water partition coefficient (Wildman–Crippen LogP) is 1.80. The highest BCUT2D eigenvalue weighted by Crippen LogP contribution is 2.45. The molecule has 1 saturated carbocycles. The third-order valence-corrected chi connectivity index (χ3v) is 6.74. The van der Waals surface area contributed by atoms with E-state index >= 15 is 4.39 Å².